The van der Waals surface area contributed by atoms with Crippen molar-refractivity contribution in [1.29, 1.82) is 0 Å². The number of aliphatic imine (C=N–C) groups is 1. The summed E-state index contributed by atoms with van der Waals surface area (Å²) in [5.41, 5.74) is 3.08. The van der Waals surface area contributed by atoms with Crippen LogP contribution >= 0.6 is 0 Å². The van der Waals surface area contributed by atoms with E-state index in [0.717, 1.165) is 17.5 Å². The Labute approximate surface area is 122 Å². The third-order valence-electron chi connectivity index (χ3n) is 4.65. The lowest BCUT2D eigenvalue weighted by Crippen LogP contribution is -2.16. The molecule has 0 spiro atoms. The maximum Gasteiger partial charge on any atom is 0.128 e. The molecule has 20 heavy (non-hydrogen) atoms. The highest BCUT2D eigenvalue weighted by Gasteiger charge is 2.23. The molecule has 0 unspecified atom stereocenters. The third kappa shape index (κ3) is 3.23. The Balaban J connectivity index is 2.33. The van der Waals surface area contributed by atoms with Gasteiger partial charge in [-0.25, -0.2) is 0 Å². The fourth-order valence-corrected chi connectivity index (χ4v) is 2.85. The van der Waals surface area contributed by atoms with Gasteiger partial charge >= 0.3 is 0 Å². The van der Waals surface area contributed by atoms with Crippen molar-refractivity contribution >= 4 is 6.21 Å². The SMILES string of the molecule is CCC(C)(C)c1cc(C)cc(C=NC2CCCC2)c1O. The number of aromatic hydroxyl groups is 1. The smallest absolute Gasteiger partial charge is 0.128 e. The first-order valence-electron chi connectivity index (χ1n) is 7.81. The van der Waals surface area contributed by atoms with Gasteiger partial charge in [0, 0.05) is 23.4 Å². The van der Waals surface area contributed by atoms with E-state index in [0.29, 0.717) is 11.8 Å². The molecule has 1 aromatic rings. The quantitative estimate of drug-likeness (QED) is 0.789. The Bertz CT molecular complexity index is 496. The summed E-state index contributed by atoms with van der Waals surface area (Å²) in [6.45, 7) is 8.61. The number of rotatable bonds is 4. The minimum absolute atomic E-state index is 0.00789. The number of phenols is 1. The van der Waals surface area contributed by atoms with Gasteiger partial charge in [0.2, 0.25) is 0 Å². The zero-order chi connectivity index (χ0) is 14.8. The van der Waals surface area contributed by atoms with Crippen LogP contribution in [0.1, 0.15) is 69.6 Å². The molecule has 1 aliphatic carbocycles. The van der Waals surface area contributed by atoms with Crippen molar-refractivity contribution in [3.8, 4) is 5.75 Å². The van der Waals surface area contributed by atoms with E-state index in [1.807, 2.05) is 12.3 Å². The molecule has 2 nitrogen and oxygen atoms in total. The molecule has 2 heteroatoms. The number of phenolic OH excluding ortho intramolecular Hbond substituents is 1. The molecular formula is C18H27NO. The van der Waals surface area contributed by atoms with E-state index in [-0.39, 0.29) is 5.41 Å². The molecule has 0 bridgehead atoms. The lowest BCUT2D eigenvalue weighted by atomic mass is 9.80. The van der Waals surface area contributed by atoms with Crippen LogP contribution in [0.2, 0.25) is 0 Å². The number of hydrogen-bond donors (Lipinski definition) is 1. The third-order valence-corrected chi connectivity index (χ3v) is 4.65. The molecule has 0 aliphatic heterocycles. The molecule has 0 heterocycles. The molecule has 0 aromatic heterocycles. The fourth-order valence-electron chi connectivity index (χ4n) is 2.85. The highest BCUT2D eigenvalue weighted by atomic mass is 16.3. The van der Waals surface area contributed by atoms with Gasteiger partial charge in [-0.3, -0.25) is 4.99 Å². The maximum atomic E-state index is 10.6. The first-order chi connectivity index (χ1) is 9.44. The Morgan fingerprint density at radius 1 is 1.30 bits per heavy atom. The number of aryl methyl sites for hydroxylation is 1. The highest BCUT2D eigenvalue weighted by molar-refractivity contribution is 5.85. The van der Waals surface area contributed by atoms with E-state index in [9.17, 15) is 5.11 Å². The standard InChI is InChI=1S/C18H27NO/c1-5-18(3,4)16-11-13(2)10-14(17(16)20)12-19-15-8-6-7-9-15/h10-12,15,20H,5-9H2,1-4H3. The van der Waals surface area contributed by atoms with Gasteiger partial charge in [-0.1, -0.05) is 39.7 Å². The van der Waals surface area contributed by atoms with Crippen LogP contribution in [0.25, 0.3) is 0 Å². The molecule has 0 radical (unpaired) electrons. The van der Waals surface area contributed by atoms with Gasteiger partial charge in [0.1, 0.15) is 5.75 Å². The predicted molar refractivity (Wildman–Crippen MR) is 86.0 cm³/mol. The second-order valence-corrected chi connectivity index (χ2v) is 6.70. The highest BCUT2D eigenvalue weighted by Crippen LogP contribution is 2.36. The summed E-state index contributed by atoms with van der Waals surface area (Å²) in [6.07, 6.45) is 7.84. The van der Waals surface area contributed by atoms with Crippen LogP contribution in [0, 0.1) is 6.92 Å². The molecule has 1 N–H and O–H groups in total. The van der Waals surface area contributed by atoms with Gasteiger partial charge in [-0.2, -0.15) is 0 Å². The van der Waals surface area contributed by atoms with Crippen molar-refractivity contribution in [2.45, 2.75) is 71.3 Å². The van der Waals surface area contributed by atoms with Crippen LogP contribution < -0.4 is 0 Å². The largest absolute Gasteiger partial charge is 0.507 e. The molecule has 0 atom stereocenters. The van der Waals surface area contributed by atoms with E-state index in [4.69, 9.17) is 0 Å². The molecule has 110 valence electrons. The van der Waals surface area contributed by atoms with Gasteiger partial charge in [0.05, 0.1) is 0 Å². The van der Waals surface area contributed by atoms with Crippen molar-refractivity contribution in [2.75, 3.05) is 0 Å². The van der Waals surface area contributed by atoms with Gasteiger partial charge in [-0.05, 0) is 43.2 Å². The van der Waals surface area contributed by atoms with Crippen LogP contribution in [0.5, 0.6) is 5.75 Å². The van der Waals surface area contributed by atoms with Crippen LogP contribution in [0.15, 0.2) is 17.1 Å². The maximum absolute atomic E-state index is 10.6. The Morgan fingerprint density at radius 2 is 1.95 bits per heavy atom. The molecule has 0 saturated heterocycles. The van der Waals surface area contributed by atoms with E-state index in [2.05, 4.69) is 38.8 Å². The van der Waals surface area contributed by atoms with Crippen molar-refractivity contribution in [2.24, 2.45) is 4.99 Å². The number of hydrogen-bond acceptors (Lipinski definition) is 2. The predicted octanol–water partition coefficient (Wildman–Crippen LogP) is 4.75. The summed E-state index contributed by atoms with van der Waals surface area (Å²) in [5, 5.41) is 10.6. The van der Waals surface area contributed by atoms with Gasteiger partial charge in [0.15, 0.2) is 0 Å². The van der Waals surface area contributed by atoms with E-state index < -0.39 is 0 Å². The summed E-state index contributed by atoms with van der Waals surface area (Å²) in [7, 11) is 0. The molecule has 2 rings (SSSR count). The van der Waals surface area contributed by atoms with Crippen LogP contribution in [0.4, 0.5) is 0 Å². The normalized spacial score (nSPS) is 17.2. The van der Waals surface area contributed by atoms with Crippen molar-refractivity contribution in [3.63, 3.8) is 0 Å². The topological polar surface area (TPSA) is 32.6 Å². The number of nitrogens with zero attached hydrogens (tertiary/aromatic N) is 1. The Hall–Kier alpha value is -1.31. The summed E-state index contributed by atoms with van der Waals surface area (Å²) in [6, 6.07) is 4.59. The van der Waals surface area contributed by atoms with Gasteiger partial charge in [0.25, 0.3) is 0 Å². The molecular weight excluding hydrogens is 246 g/mol. The van der Waals surface area contributed by atoms with Gasteiger partial charge < -0.3 is 5.11 Å². The molecule has 0 amide bonds. The molecule has 1 fully saturated rings. The Kier molecular flexibility index (Phi) is 4.52. The van der Waals surface area contributed by atoms with Crippen molar-refractivity contribution in [1.82, 2.24) is 0 Å². The molecule has 1 aliphatic rings. The lowest BCUT2D eigenvalue weighted by Gasteiger charge is -2.25. The van der Waals surface area contributed by atoms with Crippen LogP contribution in [0.3, 0.4) is 0 Å². The summed E-state index contributed by atoms with van der Waals surface area (Å²) < 4.78 is 0. The van der Waals surface area contributed by atoms with Crippen LogP contribution in [-0.2, 0) is 5.41 Å². The number of benzene rings is 1. The second kappa shape index (κ2) is 5.99. The zero-order valence-electron chi connectivity index (χ0n) is 13.2. The zero-order valence-corrected chi connectivity index (χ0v) is 13.2. The molecule has 1 saturated carbocycles. The lowest BCUT2D eigenvalue weighted by molar-refractivity contribution is 0.428. The van der Waals surface area contributed by atoms with Gasteiger partial charge in [-0.15, -0.1) is 0 Å². The van der Waals surface area contributed by atoms with E-state index >= 15 is 0 Å². The Morgan fingerprint density at radius 3 is 2.55 bits per heavy atom. The van der Waals surface area contributed by atoms with Crippen molar-refractivity contribution < 1.29 is 5.11 Å². The molecule has 1 aromatic carbocycles. The fraction of sp³-hybridized carbons (Fsp3) is 0.611. The summed E-state index contributed by atoms with van der Waals surface area (Å²) in [5.74, 6) is 0.407. The monoisotopic (exact) mass is 273 g/mol. The van der Waals surface area contributed by atoms with E-state index in [1.165, 1.54) is 31.2 Å². The summed E-state index contributed by atoms with van der Waals surface area (Å²) in [4.78, 5) is 4.66. The minimum Gasteiger partial charge on any atom is -0.507 e. The average molecular weight is 273 g/mol. The van der Waals surface area contributed by atoms with Crippen molar-refractivity contribution in [3.05, 3.63) is 28.8 Å². The second-order valence-electron chi connectivity index (χ2n) is 6.70. The van der Waals surface area contributed by atoms with Crippen LogP contribution in [-0.4, -0.2) is 17.4 Å². The summed E-state index contributed by atoms with van der Waals surface area (Å²) >= 11 is 0. The first kappa shape index (κ1) is 15.1. The van der Waals surface area contributed by atoms with E-state index in [1.54, 1.807) is 0 Å². The first-order valence-corrected chi connectivity index (χ1v) is 7.81. The minimum atomic E-state index is -0.00789. The average Bonchev–Trinajstić information content (AvgIpc) is 2.92.